The molecule has 1 N–H and O–H groups in total. The molecular weight excluding hydrogens is 298 g/mol. The van der Waals surface area contributed by atoms with Gasteiger partial charge in [-0.3, -0.25) is 14.5 Å². The molecule has 2 amide bonds. The summed E-state index contributed by atoms with van der Waals surface area (Å²) < 4.78 is 0.534. The molecule has 7 heteroatoms. The average molecular weight is 308 g/mol. The van der Waals surface area contributed by atoms with E-state index >= 15 is 0 Å². The molecule has 3 rings (SSSR count). The first kappa shape index (κ1) is 13.1. The van der Waals surface area contributed by atoms with Crippen molar-refractivity contribution in [3.8, 4) is 0 Å². The van der Waals surface area contributed by atoms with Gasteiger partial charge < -0.3 is 5.32 Å². The van der Waals surface area contributed by atoms with Gasteiger partial charge in [0.2, 0.25) is 5.91 Å². The predicted molar refractivity (Wildman–Crippen MR) is 78.6 cm³/mol. The standard InChI is InChI=1S/C13H10ClN3O2S/c1-7-4-5-15-12-11(7)16-10(18)6-17(12)13(19)8-2-3-9(14)20-8/h2-5H,6H2,1H3,(H,16,18). The van der Waals surface area contributed by atoms with Crippen molar-refractivity contribution in [3.05, 3.63) is 39.2 Å². The number of halogens is 1. The second-order valence-electron chi connectivity index (χ2n) is 4.37. The summed E-state index contributed by atoms with van der Waals surface area (Å²) in [5.41, 5.74) is 1.45. The number of thiophene rings is 1. The highest BCUT2D eigenvalue weighted by atomic mass is 35.5. The molecule has 1 aliphatic rings. The molecular formula is C13H10ClN3O2S. The fourth-order valence-corrected chi connectivity index (χ4v) is 3.02. The summed E-state index contributed by atoms with van der Waals surface area (Å²) in [6.07, 6.45) is 1.62. The fourth-order valence-electron chi connectivity index (χ4n) is 2.03. The molecule has 0 aromatic carbocycles. The lowest BCUT2D eigenvalue weighted by molar-refractivity contribution is -0.115. The average Bonchev–Trinajstić information content (AvgIpc) is 2.85. The highest BCUT2D eigenvalue weighted by Gasteiger charge is 2.30. The first-order chi connectivity index (χ1) is 9.56. The van der Waals surface area contributed by atoms with Crippen molar-refractivity contribution < 1.29 is 9.59 Å². The van der Waals surface area contributed by atoms with Gasteiger partial charge in [-0.1, -0.05) is 11.6 Å². The van der Waals surface area contributed by atoms with E-state index in [0.717, 1.165) is 5.56 Å². The zero-order chi connectivity index (χ0) is 14.3. The Labute approximate surface area is 124 Å². The molecule has 0 fully saturated rings. The van der Waals surface area contributed by atoms with Crippen molar-refractivity contribution in [2.24, 2.45) is 0 Å². The van der Waals surface area contributed by atoms with E-state index < -0.39 is 0 Å². The molecule has 0 saturated carbocycles. The molecule has 0 atom stereocenters. The molecule has 20 heavy (non-hydrogen) atoms. The van der Waals surface area contributed by atoms with E-state index in [4.69, 9.17) is 11.6 Å². The van der Waals surface area contributed by atoms with Gasteiger partial charge in [0.25, 0.3) is 5.91 Å². The van der Waals surface area contributed by atoms with Crippen LogP contribution in [0.5, 0.6) is 0 Å². The van der Waals surface area contributed by atoms with Gasteiger partial charge in [0.05, 0.1) is 14.9 Å². The third kappa shape index (κ3) is 2.17. The number of aryl methyl sites for hydroxylation is 1. The lowest BCUT2D eigenvalue weighted by Gasteiger charge is -2.28. The van der Waals surface area contributed by atoms with Gasteiger partial charge in [-0.15, -0.1) is 11.3 Å². The lowest BCUT2D eigenvalue weighted by atomic mass is 10.2. The number of fused-ring (bicyclic) bond motifs is 1. The van der Waals surface area contributed by atoms with Crippen molar-refractivity contribution in [1.29, 1.82) is 0 Å². The number of amides is 2. The van der Waals surface area contributed by atoms with Crippen molar-refractivity contribution in [3.63, 3.8) is 0 Å². The Hall–Kier alpha value is -1.92. The Morgan fingerprint density at radius 1 is 1.45 bits per heavy atom. The summed E-state index contributed by atoms with van der Waals surface area (Å²) in [6.45, 7) is 1.81. The molecule has 0 spiro atoms. The second kappa shape index (κ2) is 4.88. The smallest absolute Gasteiger partial charge is 0.270 e. The summed E-state index contributed by atoms with van der Waals surface area (Å²) in [5, 5.41) is 2.75. The Morgan fingerprint density at radius 2 is 2.25 bits per heavy atom. The number of rotatable bonds is 1. The molecule has 0 saturated heterocycles. The van der Waals surface area contributed by atoms with E-state index in [0.29, 0.717) is 20.7 Å². The SMILES string of the molecule is Cc1ccnc2c1NC(=O)CN2C(=O)c1ccc(Cl)s1. The number of hydrogen-bond donors (Lipinski definition) is 1. The molecule has 2 aromatic heterocycles. The maximum atomic E-state index is 12.5. The maximum absolute atomic E-state index is 12.5. The van der Waals surface area contributed by atoms with Crippen molar-refractivity contribution in [2.75, 3.05) is 16.8 Å². The zero-order valence-corrected chi connectivity index (χ0v) is 12.1. The molecule has 0 bridgehead atoms. The van der Waals surface area contributed by atoms with Crippen LogP contribution >= 0.6 is 22.9 Å². The molecule has 0 aliphatic carbocycles. The topological polar surface area (TPSA) is 62.3 Å². The molecule has 1 aliphatic heterocycles. The van der Waals surface area contributed by atoms with Gasteiger partial charge in [-0.05, 0) is 30.7 Å². The van der Waals surface area contributed by atoms with Crippen LogP contribution in [0.3, 0.4) is 0 Å². The van der Waals surface area contributed by atoms with Crippen LogP contribution < -0.4 is 10.2 Å². The van der Waals surface area contributed by atoms with E-state index in [2.05, 4.69) is 10.3 Å². The number of hydrogen-bond acceptors (Lipinski definition) is 4. The first-order valence-corrected chi connectivity index (χ1v) is 7.08. The number of carbonyl (C=O) groups excluding carboxylic acids is 2. The molecule has 3 heterocycles. The maximum Gasteiger partial charge on any atom is 0.270 e. The van der Waals surface area contributed by atoms with Crippen LogP contribution in [0.1, 0.15) is 15.2 Å². The van der Waals surface area contributed by atoms with Crippen molar-refractivity contribution >= 4 is 46.3 Å². The number of pyridine rings is 1. The molecule has 5 nitrogen and oxygen atoms in total. The van der Waals surface area contributed by atoms with Gasteiger partial charge in [-0.2, -0.15) is 0 Å². The summed E-state index contributed by atoms with van der Waals surface area (Å²) in [5.74, 6) is -0.0279. The summed E-state index contributed by atoms with van der Waals surface area (Å²) in [6, 6.07) is 5.10. The van der Waals surface area contributed by atoms with Crippen LogP contribution in [0, 0.1) is 6.92 Å². The van der Waals surface area contributed by atoms with Crippen molar-refractivity contribution in [1.82, 2.24) is 4.98 Å². The van der Waals surface area contributed by atoms with Crippen LogP contribution in [-0.4, -0.2) is 23.3 Å². The Kier molecular flexibility index (Phi) is 3.19. The van der Waals surface area contributed by atoms with Crippen LogP contribution in [0.4, 0.5) is 11.5 Å². The van der Waals surface area contributed by atoms with Gasteiger partial charge in [-0.25, -0.2) is 4.98 Å². The van der Waals surface area contributed by atoms with E-state index in [1.165, 1.54) is 16.2 Å². The highest BCUT2D eigenvalue weighted by molar-refractivity contribution is 7.18. The summed E-state index contributed by atoms with van der Waals surface area (Å²) in [7, 11) is 0. The summed E-state index contributed by atoms with van der Waals surface area (Å²) >= 11 is 7.03. The third-order valence-electron chi connectivity index (χ3n) is 2.99. The van der Waals surface area contributed by atoms with Gasteiger partial charge in [0.1, 0.15) is 6.54 Å². The summed E-state index contributed by atoms with van der Waals surface area (Å²) in [4.78, 5) is 30.3. The number of carbonyl (C=O) groups is 2. The fraction of sp³-hybridized carbons (Fsp3) is 0.154. The number of aromatic nitrogens is 1. The molecule has 102 valence electrons. The van der Waals surface area contributed by atoms with Crippen LogP contribution in [0.25, 0.3) is 0 Å². The molecule has 0 unspecified atom stereocenters. The predicted octanol–water partition coefficient (Wildman–Crippen LogP) is 2.70. The third-order valence-corrected chi connectivity index (χ3v) is 4.21. The normalized spacial score (nSPS) is 13.9. The second-order valence-corrected chi connectivity index (χ2v) is 6.08. The van der Waals surface area contributed by atoms with E-state index in [9.17, 15) is 9.59 Å². The first-order valence-electron chi connectivity index (χ1n) is 5.89. The zero-order valence-electron chi connectivity index (χ0n) is 10.5. The van der Waals surface area contributed by atoms with Crippen molar-refractivity contribution in [2.45, 2.75) is 6.92 Å². The minimum absolute atomic E-state index is 0.0438. The number of nitrogens with zero attached hydrogens (tertiary/aromatic N) is 2. The van der Waals surface area contributed by atoms with Gasteiger partial charge in [0, 0.05) is 6.20 Å². The number of nitrogens with one attached hydrogen (secondary N) is 1. The molecule has 2 aromatic rings. The Morgan fingerprint density at radius 3 is 2.95 bits per heavy atom. The number of anilines is 2. The van der Waals surface area contributed by atoms with E-state index in [1.54, 1.807) is 24.4 Å². The largest absolute Gasteiger partial charge is 0.321 e. The Balaban J connectivity index is 2.05. The van der Waals surface area contributed by atoms with E-state index in [-0.39, 0.29) is 18.4 Å². The molecule has 0 radical (unpaired) electrons. The van der Waals surface area contributed by atoms with Crippen LogP contribution in [-0.2, 0) is 4.79 Å². The monoisotopic (exact) mass is 307 g/mol. The quantitative estimate of drug-likeness (QED) is 0.881. The van der Waals surface area contributed by atoms with Crippen LogP contribution in [0.2, 0.25) is 4.34 Å². The van der Waals surface area contributed by atoms with Gasteiger partial charge in [0.15, 0.2) is 5.82 Å². The Bertz CT molecular complexity index is 713. The van der Waals surface area contributed by atoms with E-state index in [1.807, 2.05) is 6.92 Å². The lowest BCUT2D eigenvalue weighted by Crippen LogP contribution is -2.42. The van der Waals surface area contributed by atoms with Crippen LogP contribution in [0.15, 0.2) is 24.4 Å². The minimum Gasteiger partial charge on any atom is -0.321 e. The highest BCUT2D eigenvalue weighted by Crippen LogP contribution is 2.32. The van der Waals surface area contributed by atoms with Gasteiger partial charge >= 0.3 is 0 Å². The minimum atomic E-state index is -0.267.